The van der Waals surface area contributed by atoms with E-state index in [1.807, 2.05) is 12.1 Å². The first-order valence-electron chi connectivity index (χ1n) is 7.05. The van der Waals surface area contributed by atoms with Gasteiger partial charge >= 0.3 is 0 Å². The summed E-state index contributed by atoms with van der Waals surface area (Å²) in [5.41, 5.74) is 0.704. The fraction of sp³-hybridized carbons (Fsp3) is 0.600. The molecule has 2 unspecified atom stereocenters. The van der Waals surface area contributed by atoms with Gasteiger partial charge < -0.3 is 5.32 Å². The summed E-state index contributed by atoms with van der Waals surface area (Å²) in [4.78, 5) is 2.37. The maximum atomic E-state index is 14.0. The van der Waals surface area contributed by atoms with Crippen molar-refractivity contribution in [1.82, 2.24) is 10.2 Å². The predicted octanol–water partition coefficient (Wildman–Crippen LogP) is 3.05. The molecule has 1 saturated carbocycles. The third kappa shape index (κ3) is 2.93. The fourth-order valence-electron chi connectivity index (χ4n) is 2.87. The number of rotatable bonds is 3. The first kappa shape index (κ1) is 13.3. The van der Waals surface area contributed by atoms with Crippen LogP contribution in [0.5, 0.6) is 0 Å². The Morgan fingerprint density at radius 1 is 1.42 bits per heavy atom. The first-order chi connectivity index (χ1) is 9.15. The standard InChI is InChI=1S/C15H20ClFN2/c1-10-7-18-14(11-5-6-11)9-19(10)8-12-3-2-4-13(16)15(12)17/h2-4,10-11,14,18H,5-9H2,1H3. The zero-order chi connectivity index (χ0) is 13.4. The first-order valence-corrected chi connectivity index (χ1v) is 7.43. The molecule has 0 radical (unpaired) electrons. The van der Waals surface area contributed by atoms with E-state index in [4.69, 9.17) is 11.6 Å². The van der Waals surface area contributed by atoms with Crippen molar-refractivity contribution in [3.05, 3.63) is 34.6 Å². The molecule has 4 heteroatoms. The molecule has 0 aromatic heterocycles. The minimum atomic E-state index is -0.266. The van der Waals surface area contributed by atoms with E-state index in [-0.39, 0.29) is 10.8 Å². The largest absolute Gasteiger partial charge is 0.311 e. The molecule has 1 aromatic rings. The minimum absolute atomic E-state index is 0.221. The van der Waals surface area contributed by atoms with Crippen molar-refractivity contribution >= 4 is 11.6 Å². The van der Waals surface area contributed by atoms with Gasteiger partial charge in [-0.3, -0.25) is 4.90 Å². The van der Waals surface area contributed by atoms with E-state index < -0.39 is 0 Å². The van der Waals surface area contributed by atoms with Crippen LogP contribution in [0.25, 0.3) is 0 Å². The Morgan fingerprint density at radius 3 is 2.95 bits per heavy atom. The summed E-state index contributed by atoms with van der Waals surface area (Å²) in [6, 6.07) is 6.29. The molecule has 1 aromatic carbocycles. The van der Waals surface area contributed by atoms with Crippen LogP contribution in [0.15, 0.2) is 18.2 Å². The van der Waals surface area contributed by atoms with Gasteiger partial charge in [0.15, 0.2) is 0 Å². The predicted molar refractivity (Wildman–Crippen MR) is 75.8 cm³/mol. The van der Waals surface area contributed by atoms with Crippen LogP contribution in [0.4, 0.5) is 4.39 Å². The molecule has 0 bridgehead atoms. The van der Waals surface area contributed by atoms with E-state index in [0.717, 1.165) is 19.0 Å². The average Bonchev–Trinajstić information content (AvgIpc) is 3.22. The molecule has 2 nitrogen and oxygen atoms in total. The van der Waals surface area contributed by atoms with E-state index in [2.05, 4.69) is 17.1 Å². The Bertz CT molecular complexity index is 461. The Labute approximate surface area is 118 Å². The Balaban J connectivity index is 1.71. The fourth-order valence-corrected chi connectivity index (χ4v) is 3.07. The van der Waals surface area contributed by atoms with Gasteiger partial charge in [-0.05, 0) is 31.7 Å². The van der Waals surface area contributed by atoms with E-state index in [1.165, 1.54) is 12.8 Å². The molecular weight excluding hydrogens is 263 g/mol. The van der Waals surface area contributed by atoms with Crippen LogP contribution in [0.1, 0.15) is 25.3 Å². The highest BCUT2D eigenvalue weighted by Crippen LogP contribution is 2.34. The van der Waals surface area contributed by atoms with Crippen LogP contribution < -0.4 is 5.32 Å². The molecule has 1 aliphatic heterocycles. The molecule has 104 valence electrons. The third-order valence-electron chi connectivity index (χ3n) is 4.33. The van der Waals surface area contributed by atoms with Crippen LogP contribution in [0, 0.1) is 11.7 Å². The van der Waals surface area contributed by atoms with Gasteiger partial charge in [-0.25, -0.2) is 4.39 Å². The lowest BCUT2D eigenvalue weighted by atomic mass is 10.0. The zero-order valence-electron chi connectivity index (χ0n) is 11.2. The molecular formula is C15H20ClFN2. The van der Waals surface area contributed by atoms with Crippen molar-refractivity contribution in [1.29, 1.82) is 0 Å². The molecule has 19 heavy (non-hydrogen) atoms. The third-order valence-corrected chi connectivity index (χ3v) is 4.62. The van der Waals surface area contributed by atoms with Crippen LogP contribution in [0.3, 0.4) is 0 Å². The van der Waals surface area contributed by atoms with Gasteiger partial charge in [-0.1, -0.05) is 23.7 Å². The van der Waals surface area contributed by atoms with Crippen molar-refractivity contribution in [3.63, 3.8) is 0 Å². The van der Waals surface area contributed by atoms with Crippen LogP contribution in [0.2, 0.25) is 5.02 Å². The molecule has 2 atom stereocenters. The number of nitrogens with one attached hydrogen (secondary N) is 1. The molecule has 0 spiro atoms. The summed E-state index contributed by atoms with van der Waals surface area (Å²) in [6.07, 6.45) is 2.68. The second-order valence-corrected chi connectivity index (χ2v) is 6.25. The summed E-state index contributed by atoms with van der Waals surface area (Å²) in [6.45, 7) is 4.85. The Kier molecular flexibility index (Phi) is 3.79. The Morgan fingerprint density at radius 2 is 2.21 bits per heavy atom. The molecule has 1 aliphatic carbocycles. The molecule has 1 N–H and O–H groups in total. The van der Waals surface area contributed by atoms with Gasteiger partial charge in [0.25, 0.3) is 0 Å². The average molecular weight is 283 g/mol. The Hall–Kier alpha value is -0.640. The SMILES string of the molecule is CC1CNC(C2CC2)CN1Cc1cccc(Cl)c1F. The number of benzene rings is 1. The number of hydrogen-bond donors (Lipinski definition) is 1. The molecule has 2 fully saturated rings. The quantitative estimate of drug-likeness (QED) is 0.917. The van der Waals surface area contributed by atoms with Gasteiger partial charge in [-0.2, -0.15) is 0 Å². The number of halogens is 2. The van der Waals surface area contributed by atoms with Gasteiger partial charge in [0.1, 0.15) is 5.82 Å². The number of hydrogen-bond acceptors (Lipinski definition) is 2. The van der Waals surface area contributed by atoms with Gasteiger partial charge in [-0.15, -0.1) is 0 Å². The summed E-state index contributed by atoms with van der Waals surface area (Å²) in [7, 11) is 0. The second kappa shape index (κ2) is 5.39. The van der Waals surface area contributed by atoms with Crippen molar-refractivity contribution in [2.45, 2.75) is 38.4 Å². The summed E-state index contributed by atoms with van der Waals surface area (Å²) >= 11 is 5.85. The van der Waals surface area contributed by atoms with Crippen LogP contribution >= 0.6 is 11.6 Å². The van der Waals surface area contributed by atoms with Crippen molar-refractivity contribution in [2.75, 3.05) is 13.1 Å². The highest BCUT2D eigenvalue weighted by Gasteiger charge is 2.36. The smallest absolute Gasteiger partial charge is 0.146 e. The summed E-state index contributed by atoms with van der Waals surface area (Å²) in [5, 5.41) is 3.83. The van der Waals surface area contributed by atoms with Crippen LogP contribution in [-0.4, -0.2) is 30.1 Å². The van der Waals surface area contributed by atoms with Gasteiger partial charge in [0, 0.05) is 37.3 Å². The summed E-state index contributed by atoms with van der Waals surface area (Å²) < 4.78 is 14.0. The maximum Gasteiger partial charge on any atom is 0.146 e. The molecule has 1 heterocycles. The number of nitrogens with zero attached hydrogens (tertiary/aromatic N) is 1. The van der Waals surface area contributed by atoms with Crippen molar-refractivity contribution in [2.24, 2.45) is 5.92 Å². The highest BCUT2D eigenvalue weighted by atomic mass is 35.5. The summed E-state index contributed by atoms with van der Waals surface area (Å²) in [5.74, 6) is 0.567. The second-order valence-electron chi connectivity index (χ2n) is 5.84. The maximum absolute atomic E-state index is 14.0. The lowest BCUT2D eigenvalue weighted by molar-refractivity contribution is 0.124. The van der Waals surface area contributed by atoms with E-state index in [0.29, 0.717) is 24.2 Å². The highest BCUT2D eigenvalue weighted by molar-refractivity contribution is 6.30. The zero-order valence-corrected chi connectivity index (χ0v) is 12.0. The molecule has 1 saturated heterocycles. The monoisotopic (exact) mass is 282 g/mol. The lowest BCUT2D eigenvalue weighted by Gasteiger charge is -2.39. The lowest BCUT2D eigenvalue weighted by Crippen LogP contribution is -2.55. The molecule has 3 rings (SSSR count). The van der Waals surface area contributed by atoms with Gasteiger partial charge in [0.05, 0.1) is 5.02 Å². The minimum Gasteiger partial charge on any atom is -0.311 e. The van der Waals surface area contributed by atoms with Crippen molar-refractivity contribution < 1.29 is 4.39 Å². The van der Waals surface area contributed by atoms with E-state index in [1.54, 1.807) is 6.07 Å². The normalized spacial score (nSPS) is 28.6. The molecule has 0 amide bonds. The van der Waals surface area contributed by atoms with Gasteiger partial charge in [0.2, 0.25) is 0 Å². The topological polar surface area (TPSA) is 15.3 Å². The van der Waals surface area contributed by atoms with E-state index >= 15 is 0 Å². The van der Waals surface area contributed by atoms with Crippen molar-refractivity contribution in [3.8, 4) is 0 Å². The molecule has 2 aliphatic rings. The van der Waals surface area contributed by atoms with E-state index in [9.17, 15) is 4.39 Å². The van der Waals surface area contributed by atoms with Crippen LogP contribution in [-0.2, 0) is 6.54 Å². The number of piperazine rings is 1.